The highest BCUT2D eigenvalue weighted by molar-refractivity contribution is 6.30. The van der Waals surface area contributed by atoms with E-state index in [1.807, 2.05) is 0 Å². The zero-order chi connectivity index (χ0) is 17.8. The Kier molecular flexibility index (Phi) is 5.28. The third kappa shape index (κ3) is 3.96. The van der Waals surface area contributed by atoms with Crippen molar-refractivity contribution in [2.45, 2.75) is 6.42 Å². The van der Waals surface area contributed by atoms with E-state index >= 15 is 0 Å². The van der Waals surface area contributed by atoms with Gasteiger partial charge in [-0.2, -0.15) is 0 Å². The van der Waals surface area contributed by atoms with Gasteiger partial charge >= 0.3 is 0 Å². The first kappa shape index (κ1) is 17.4. The summed E-state index contributed by atoms with van der Waals surface area (Å²) in [5.74, 6) is 0.812. The van der Waals surface area contributed by atoms with Crippen LogP contribution in [-0.2, 0) is 11.2 Å². The first-order valence-corrected chi connectivity index (χ1v) is 8.39. The summed E-state index contributed by atoms with van der Waals surface area (Å²) in [7, 11) is 1.57. The van der Waals surface area contributed by atoms with Crippen molar-refractivity contribution >= 4 is 23.4 Å². The average Bonchev–Trinajstić information content (AvgIpc) is 3.16. The van der Waals surface area contributed by atoms with E-state index in [2.05, 4.69) is 0 Å². The van der Waals surface area contributed by atoms with Crippen LogP contribution in [0.25, 0.3) is 0 Å². The molecule has 1 aliphatic heterocycles. The monoisotopic (exact) mass is 362 g/mol. The number of furan rings is 1. The number of amides is 2. The van der Waals surface area contributed by atoms with Crippen LogP contribution in [0.2, 0.25) is 5.02 Å². The second-order valence-electron chi connectivity index (χ2n) is 5.78. The molecule has 25 heavy (non-hydrogen) atoms. The van der Waals surface area contributed by atoms with E-state index in [0.717, 1.165) is 5.56 Å². The molecule has 2 amide bonds. The van der Waals surface area contributed by atoms with E-state index < -0.39 is 0 Å². The second-order valence-corrected chi connectivity index (χ2v) is 6.22. The van der Waals surface area contributed by atoms with E-state index in [1.165, 1.54) is 6.26 Å². The molecule has 1 aliphatic rings. The molecule has 3 rings (SSSR count). The molecule has 2 aromatic rings. The smallest absolute Gasteiger partial charge is 0.289 e. The van der Waals surface area contributed by atoms with Crippen LogP contribution in [0.15, 0.2) is 41.0 Å². The van der Waals surface area contributed by atoms with Crippen molar-refractivity contribution in [3.8, 4) is 5.75 Å². The zero-order valence-electron chi connectivity index (χ0n) is 13.9. The fourth-order valence-corrected chi connectivity index (χ4v) is 3.07. The number of methoxy groups -OCH3 is 1. The Labute approximate surface area is 150 Å². The van der Waals surface area contributed by atoms with Crippen LogP contribution in [0.5, 0.6) is 5.75 Å². The lowest BCUT2D eigenvalue weighted by Gasteiger charge is -2.34. The average molecular weight is 363 g/mol. The standard InChI is InChI=1S/C18H19ClN2O4/c1-24-15-5-4-14(19)11-13(15)12-17(22)20-6-8-21(9-7-20)18(23)16-3-2-10-25-16/h2-5,10-11H,6-9,12H2,1H3. The van der Waals surface area contributed by atoms with Crippen LogP contribution in [0, 0.1) is 0 Å². The molecule has 1 aromatic heterocycles. The number of piperazine rings is 1. The van der Waals surface area contributed by atoms with Gasteiger partial charge in [-0.3, -0.25) is 9.59 Å². The predicted molar refractivity (Wildman–Crippen MR) is 92.9 cm³/mol. The second kappa shape index (κ2) is 7.61. The largest absolute Gasteiger partial charge is 0.496 e. The van der Waals surface area contributed by atoms with Gasteiger partial charge in [0.2, 0.25) is 5.91 Å². The first-order valence-electron chi connectivity index (χ1n) is 8.01. The van der Waals surface area contributed by atoms with Crippen molar-refractivity contribution in [3.05, 3.63) is 52.9 Å². The van der Waals surface area contributed by atoms with Crippen molar-refractivity contribution in [2.24, 2.45) is 0 Å². The Morgan fingerprint density at radius 3 is 2.52 bits per heavy atom. The topological polar surface area (TPSA) is 63.0 Å². The molecule has 7 heteroatoms. The molecule has 0 spiro atoms. The Balaban J connectivity index is 1.59. The summed E-state index contributed by atoms with van der Waals surface area (Å²) < 4.78 is 10.4. The molecule has 2 heterocycles. The van der Waals surface area contributed by atoms with E-state index in [4.69, 9.17) is 20.8 Å². The Hall–Kier alpha value is -2.47. The van der Waals surface area contributed by atoms with Gasteiger partial charge in [0.1, 0.15) is 5.75 Å². The highest BCUT2D eigenvalue weighted by atomic mass is 35.5. The molecule has 132 valence electrons. The summed E-state index contributed by atoms with van der Waals surface area (Å²) >= 11 is 6.01. The summed E-state index contributed by atoms with van der Waals surface area (Å²) in [5.41, 5.74) is 0.758. The van der Waals surface area contributed by atoms with Crippen molar-refractivity contribution in [1.29, 1.82) is 0 Å². The highest BCUT2D eigenvalue weighted by Crippen LogP contribution is 2.23. The normalized spacial score (nSPS) is 14.5. The summed E-state index contributed by atoms with van der Waals surface area (Å²) in [6, 6.07) is 8.56. The first-order chi connectivity index (χ1) is 12.1. The molecule has 0 saturated carbocycles. The van der Waals surface area contributed by atoms with Crippen LogP contribution in [-0.4, -0.2) is 54.9 Å². The van der Waals surface area contributed by atoms with Crippen LogP contribution >= 0.6 is 11.6 Å². The molecule has 6 nitrogen and oxygen atoms in total. The molecule has 1 fully saturated rings. The summed E-state index contributed by atoms with van der Waals surface area (Å²) in [6.45, 7) is 1.96. The molecule has 1 aromatic carbocycles. The third-order valence-corrected chi connectivity index (χ3v) is 4.47. The van der Waals surface area contributed by atoms with Crippen molar-refractivity contribution < 1.29 is 18.7 Å². The number of hydrogen-bond acceptors (Lipinski definition) is 4. The quantitative estimate of drug-likeness (QED) is 0.838. The number of halogens is 1. The SMILES string of the molecule is COc1ccc(Cl)cc1CC(=O)N1CCN(C(=O)c2ccco2)CC1. The Morgan fingerprint density at radius 2 is 1.88 bits per heavy atom. The molecule has 0 aliphatic carbocycles. The fourth-order valence-electron chi connectivity index (χ4n) is 2.88. The minimum Gasteiger partial charge on any atom is -0.496 e. The van der Waals surface area contributed by atoms with Gasteiger partial charge in [0, 0.05) is 36.8 Å². The minimum atomic E-state index is -0.145. The Bertz CT molecular complexity index is 752. The summed E-state index contributed by atoms with van der Waals surface area (Å²) in [4.78, 5) is 28.3. The van der Waals surface area contributed by atoms with Crippen LogP contribution in [0.3, 0.4) is 0 Å². The molecule has 1 saturated heterocycles. The van der Waals surface area contributed by atoms with Gasteiger partial charge in [0.15, 0.2) is 5.76 Å². The number of benzene rings is 1. The van der Waals surface area contributed by atoms with Crippen molar-refractivity contribution in [2.75, 3.05) is 33.3 Å². The van der Waals surface area contributed by atoms with E-state index in [-0.39, 0.29) is 18.2 Å². The summed E-state index contributed by atoms with van der Waals surface area (Å²) in [5, 5.41) is 0.567. The lowest BCUT2D eigenvalue weighted by atomic mass is 10.1. The Morgan fingerprint density at radius 1 is 1.16 bits per heavy atom. The molecule has 0 atom stereocenters. The van der Waals surface area contributed by atoms with Crippen LogP contribution < -0.4 is 4.74 Å². The number of nitrogens with zero attached hydrogens (tertiary/aromatic N) is 2. The van der Waals surface area contributed by atoms with Gasteiger partial charge in [-0.05, 0) is 30.3 Å². The van der Waals surface area contributed by atoms with Gasteiger partial charge in [-0.25, -0.2) is 0 Å². The lowest BCUT2D eigenvalue weighted by Crippen LogP contribution is -2.50. The van der Waals surface area contributed by atoms with Gasteiger partial charge in [0.25, 0.3) is 5.91 Å². The maximum Gasteiger partial charge on any atom is 0.289 e. The van der Waals surface area contributed by atoms with E-state index in [1.54, 1.807) is 47.2 Å². The fraction of sp³-hybridized carbons (Fsp3) is 0.333. The van der Waals surface area contributed by atoms with E-state index in [0.29, 0.717) is 42.7 Å². The maximum absolute atomic E-state index is 12.6. The number of hydrogen-bond donors (Lipinski definition) is 0. The minimum absolute atomic E-state index is 0.00864. The molecular weight excluding hydrogens is 344 g/mol. The van der Waals surface area contributed by atoms with Crippen molar-refractivity contribution in [3.63, 3.8) is 0 Å². The van der Waals surface area contributed by atoms with Gasteiger partial charge in [-0.1, -0.05) is 11.6 Å². The molecular formula is C18H19ClN2O4. The predicted octanol–water partition coefficient (Wildman–Crippen LogP) is 2.47. The van der Waals surface area contributed by atoms with Gasteiger partial charge in [0.05, 0.1) is 19.8 Å². The maximum atomic E-state index is 12.6. The van der Waals surface area contributed by atoms with Gasteiger partial charge < -0.3 is 19.0 Å². The van der Waals surface area contributed by atoms with Crippen molar-refractivity contribution in [1.82, 2.24) is 9.80 Å². The number of rotatable bonds is 4. The molecule has 0 N–H and O–H groups in total. The summed E-state index contributed by atoms with van der Waals surface area (Å²) in [6.07, 6.45) is 1.70. The van der Waals surface area contributed by atoms with Crippen LogP contribution in [0.1, 0.15) is 16.1 Å². The highest BCUT2D eigenvalue weighted by Gasteiger charge is 2.26. The number of carbonyl (C=O) groups is 2. The molecule has 0 unspecified atom stereocenters. The molecule has 0 bridgehead atoms. The van der Waals surface area contributed by atoms with E-state index in [9.17, 15) is 9.59 Å². The van der Waals surface area contributed by atoms with Crippen LogP contribution in [0.4, 0.5) is 0 Å². The third-order valence-electron chi connectivity index (χ3n) is 4.24. The lowest BCUT2D eigenvalue weighted by molar-refractivity contribution is -0.131. The zero-order valence-corrected chi connectivity index (χ0v) is 14.7. The molecule has 0 radical (unpaired) electrons. The number of ether oxygens (including phenoxy) is 1. The number of carbonyl (C=O) groups excluding carboxylic acids is 2. The van der Waals surface area contributed by atoms with Gasteiger partial charge in [-0.15, -0.1) is 0 Å².